The molecule has 0 aliphatic heterocycles. The first-order valence-electron chi connectivity index (χ1n) is 28.2. The maximum absolute atomic E-state index is 12.8. The van der Waals surface area contributed by atoms with Crippen molar-refractivity contribution in [3.05, 3.63) is 12.2 Å². The fourth-order valence-corrected chi connectivity index (χ4v) is 8.50. The lowest BCUT2D eigenvalue weighted by Crippen LogP contribution is -2.30. The zero-order valence-corrected chi connectivity index (χ0v) is 42.6. The molecule has 0 fully saturated rings. The van der Waals surface area contributed by atoms with Gasteiger partial charge in [-0.1, -0.05) is 264 Å². The zero-order chi connectivity index (χ0) is 45.8. The van der Waals surface area contributed by atoms with E-state index in [0.717, 1.165) is 64.2 Å². The van der Waals surface area contributed by atoms with E-state index in [4.69, 9.17) is 14.2 Å². The van der Waals surface area contributed by atoms with E-state index in [2.05, 4.69) is 32.9 Å². The van der Waals surface area contributed by atoms with Crippen LogP contribution >= 0.6 is 0 Å². The summed E-state index contributed by atoms with van der Waals surface area (Å²) in [5.74, 6) is -0.861. The lowest BCUT2D eigenvalue weighted by molar-refractivity contribution is -0.167. The molecule has 6 nitrogen and oxygen atoms in total. The Kier molecular flexibility index (Phi) is 51.2. The Morgan fingerprint density at radius 1 is 0.302 bits per heavy atom. The third-order valence-corrected chi connectivity index (χ3v) is 12.8. The topological polar surface area (TPSA) is 78.9 Å². The van der Waals surface area contributed by atoms with Crippen molar-refractivity contribution in [2.75, 3.05) is 13.2 Å². The van der Waals surface area contributed by atoms with Crippen LogP contribution in [0.1, 0.15) is 316 Å². The van der Waals surface area contributed by atoms with E-state index in [9.17, 15) is 14.4 Å². The minimum Gasteiger partial charge on any atom is -0.462 e. The van der Waals surface area contributed by atoms with Crippen LogP contribution in [0.4, 0.5) is 0 Å². The molecule has 0 aliphatic rings. The Morgan fingerprint density at radius 3 is 0.794 bits per heavy atom. The summed E-state index contributed by atoms with van der Waals surface area (Å²) < 4.78 is 16.7. The minimum atomic E-state index is -0.762. The molecule has 0 spiro atoms. The molecule has 0 aromatic heterocycles. The Balaban J connectivity index is 4.04. The van der Waals surface area contributed by atoms with Gasteiger partial charge in [-0.3, -0.25) is 14.4 Å². The van der Waals surface area contributed by atoms with Crippen LogP contribution in [-0.4, -0.2) is 37.2 Å². The van der Waals surface area contributed by atoms with E-state index in [-0.39, 0.29) is 31.1 Å². The molecular weight excluding hydrogens is 781 g/mol. The molecule has 0 saturated carbocycles. The number of hydrogen-bond acceptors (Lipinski definition) is 6. The Labute approximate surface area is 392 Å². The molecule has 0 heterocycles. The van der Waals surface area contributed by atoms with Gasteiger partial charge < -0.3 is 14.2 Å². The van der Waals surface area contributed by atoms with Gasteiger partial charge in [0.2, 0.25) is 0 Å². The molecule has 0 amide bonds. The SMILES string of the molecule is CCCCCCCCCC/C=C\CCCCCCCCCCCCCC(=O)OCC(COC(=O)CCCCCCC)OC(=O)CCCCCCCCCCCCCCCCCCC. The van der Waals surface area contributed by atoms with Gasteiger partial charge in [0.1, 0.15) is 13.2 Å². The predicted molar refractivity (Wildman–Crippen MR) is 270 cm³/mol. The highest BCUT2D eigenvalue weighted by molar-refractivity contribution is 5.71. The number of carbonyl (C=O) groups is 3. The maximum atomic E-state index is 12.8. The second-order valence-electron chi connectivity index (χ2n) is 19.2. The monoisotopic (exact) mass is 889 g/mol. The van der Waals surface area contributed by atoms with Crippen LogP contribution in [-0.2, 0) is 28.6 Å². The van der Waals surface area contributed by atoms with Crippen LogP contribution in [0, 0.1) is 0 Å². The lowest BCUT2D eigenvalue weighted by Gasteiger charge is -2.18. The summed E-state index contributed by atoms with van der Waals surface area (Å²) in [6, 6.07) is 0. The second kappa shape index (κ2) is 52.8. The van der Waals surface area contributed by atoms with Gasteiger partial charge in [0.15, 0.2) is 6.10 Å². The van der Waals surface area contributed by atoms with Crippen molar-refractivity contribution in [1.29, 1.82) is 0 Å². The summed E-state index contributed by atoms with van der Waals surface area (Å²) in [6.45, 7) is 6.60. The van der Waals surface area contributed by atoms with Gasteiger partial charge in [0, 0.05) is 19.3 Å². The van der Waals surface area contributed by atoms with Crippen molar-refractivity contribution in [3.63, 3.8) is 0 Å². The van der Waals surface area contributed by atoms with E-state index in [1.54, 1.807) is 0 Å². The molecule has 0 aliphatic carbocycles. The fourth-order valence-electron chi connectivity index (χ4n) is 8.50. The second-order valence-corrected chi connectivity index (χ2v) is 19.2. The van der Waals surface area contributed by atoms with Gasteiger partial charge >= 0.3 is 17.9 Å². The average molecular weight is 889 g/mol. The van der Waals surface area contributed by atoms with Gasteiger partial charge in [-0.2, -0.15) is 0 Å². The molecule has 1 unspecified atom stereocenters. The molecule has 372 valence electrons. The van der Waals surface area contributed by atoms with Crippen molar-refractivity contribution >= 4 is 17.9 Å². The number of unbranched alkanes of at least 4 members (excludes halogenated alkanes) is 39. The first-order valence-corrected chi connectivity index (χ1v) is 28.2. The molecule has 6 heteroatoms. The zero-order valence-electron chi connectivity index (χ0n) is 42.6. The molecule has 0 bridgehead atoms. The third-order valence-electron chi connectivity index (χ3n) is 12.8. The van der Waals surface area contributed by atoms with Crippen LogP contribution < -0.4 is 0 Å². The molecule has 0 aromatic rings. The Bertz CT molecular complexity index is 978. The number of allylic oxidation sites excluding steroid dienone is 2. The number of rotatable bonds is 52. The van der Waals surface area contributed by atoms with E-state index in [0.29, 0.717) is 19.3 Å². The lowest BCUT2D eigenvalue weighted by atomic mass is 10.0. The highest BCUT2D eigenvalue weighted by Crippen LogP contribution is 2.17. The normalized spacial score (nSPS) is 12.0. The highest BCUT2D eigenvalue weighted by atomic mass is 16.6. The van der Waals surface area contributed by atoms with E-state index in [1.807, 2.05) is 0 Å². The maximum Gasteiger partial charge on any atom is 0.306 e. The number of hydrogen-bond donors (Lipinski definition) is 0. The summed E-state index contributed by atoms with van der Waals surface area (Å²) in [6.07, 6.45) is 59.6. The van der Waals surface area contributed by atoms with Crippen LogP contribution in [0.25, 0.3) is 0 Å². The van der Waals surface area contributed by atoms with Gasteiger partial charge in [-0.25, -0.2) is 0 Å². The van der Waals surface area contributed by atoms with E-state index >= 15 is 0 Å². The number of carbonyl (C=O) groups excluding carboxylic acids is 3. The quantitative estimate of drug-likeness (QED) is 0.0262. The number of esters is 3. The van der Waals surface area contributed by atoms with Gasteiger partial charge in [-0.15, -0.1) is 0 Å². The largest absolute Gasteiger partial charge is 0.462 e. The van der Waals surface area contributed by atoms with Crippen molar-refractivity contribution in [1.82, 2.24) is 0 Å². The van der Waals surface area contributed by atoms with Crippen LogP contribution in [0.2, 0.25) is 0 Å². The van der Waals surface area contributed by atoms with Crippen LogP contribution in [0.5, 0.6) is 0 Å². The number of ether oxygens (including phenoxy) is 3. The third kappa shape index (κ3) is 51.0. The predicted octanol–water partition coefficient (Wildman–Crippen LogP) is 18.5. The fraction of sp³-hybridized carbons (Fsp3) is 0.912. The first kappa shape index (κ1) is 61.1. The molecular formula is C57H108O6. The molecule has 0 radical (unpaired) electrons. The smallest absolute Gasteiger partial charge is 0.306 e. The molecule has 0 rings (SSSR count). The van der Waals surface area contributed by atoms with Crippen LogP contribution in [0.15, 0.2) is 12.2 Å². The van der Waals surface area contributed by atoms with Gasteiger partial charge in [-0.05, 0) is 44.9 Å². The molecule has 0 aromatic carbocycles. The van der Waals surface area contributed by atoms with Gasteiger partial charge in [0.25, 0.3) is 0 Å². The molecule has 63 heavy (non-hydrogen) atoms. The molecule has 0 N–H and O–H groups in total. The summed E-state index contributed by atoms with van der Waals surface area (Å²) >= 11 is 0. The highest BCUT2D eigenvalue weighted by Gasteiger charge is 2.19. The first-order chi connectivity index (χ1) is 31.0. The molecule has 0 saturated heterocycles. The van der Waals surface area contributed by atoms with E-state index < -0.39 is 6.10 Å². The van der Waals surface area contributed by atoms with Crippen LogP contribution in [0.3, 0.4) is 0 Å². The van der Waals surface area contributed by atoms with Crippen molar-refractivity contribution in [3.8, 4) is 0 Å². The summed E-state index contributed by atoms with van der Waals surface area (Å²) in [7, 11) is 0. The Morgan fingerprint density at radius 2 is 0.524 bits per heavy atom. The minimum absolute atomic E-state index is 0.0660. The summed E-state index contributed by atoms with van der Waals surface area (Å²) in [4.78, 5) is 37.7. The van der Waals surface area contributed by atoms with Crippen molar-refractivity contribution in [2.45, 2.75) is 322 Å². The summed E-state index contributed by atoms with van der Waals surface area (Å²) in [5, 5.41) is 0. The van der Waals surface area contributed by atoms with E-state index in [1.165, 1.54) is 212 Å². The average Bonchev–Trinajstić information content (AvgIpc) is 3.28. The standard InChI is InChI=1S/C57H108O6/c1-4-7-10-13-15-17-19-21-23-25-26-27-28-29-30-32-33-35-37-39-41-44-47-50-56(59)62-53-54(52-61-55(58)49-46-43-12-9-6-3)63-57(60)51-48-45-42-40-38-36-34-31-24-22-20-18-16-14-11-8-5-2/h25-26,54H,4-24,27-53H2,1-3H3/b26-25-. The molecule has 1 atom stereocenters. The van der Waals surface area contributed by atoms with Gasteiger partial charge in [0.05, 0.1) is 0 Å². The summed E-state index contributed by atoms with van der Waals surface area (Å²) in [5.41, 5.74) is 0. The van der Waals surface area contributed by atoms with Crippen molar-refractivity contribution in [2.24, 2.45) is 0 Å². The Hall–Kier alpha value is -1.85. The van der Waals surface area contributed by atoms with Crippen molar-refractivity contribution < 1.29 is 28.6 Å².